The summed E-state index contributed by atoms with van der Waals surface area (Å²) in [5.74, 6) is -3.82. The number of carbonyl (C=O) groups excluding carboxylic acids is 2. The Morgan fingerprint density at radius 1 is 1.12 bits per heavy atom. The summed E-state index contributed by atoms with van der Waals surface area (Å²) in [6, 6.07) is 9.07. The predicted molar refractivity (Wildman–Crippen MR) is 144 cm³/mol. The maximum Gasteiger partial charge on any atom is 0.336 e. The van der Waals surface area contributed by atoms with Gasteiger partial charge in [-0.15, -0.1) is 0 Å². The molecule has 223 valence electrons. The minimum Gasteiger partial charge on any atom is -0.456 e. The normalized spacial score (nSPS) is 42.8. The molecule has 3 aliphatic carbocycles. The van der Waals surface area contributed by atoms with Gasteiger partial charge in [0.05, 0.1) is 29.8 Å². The van der Waals surface area contributed by atoms with Gasteiger partial charge < -0.3 is 35.0 Å². The van der Waals surface area contributed by atoms with Crippen LogP contribution in [0.1, 0.15) is 65.9 Å². The summed E-state index contributed by atoms with van der Waals surface area (Å²) >= 11 is 0. The van der Waals surface area contributed by atoms with Crippen LogP contribution >= 0.6 is 0 Å². The summed E-state index contributed by atoms with van der Waals surface area (Å²) in [6.07, 6.45) is -6.20. The Hall–Kier alpha value is -0.698. The van der Waals surface area contributed by atoms with Gasteiger partial charge in [-0.3, -0.25) is 4.79 Å². The molecule has 10 heteroatoms. The second kappa shape index (κ2) is 11.0. The third kappa shape index (κ3) is 4.58. The Balaban J connectivity index is 0.00000387. The number of ether oxygens (including phenoxy) is 2. The average Bonchev–Trinajstić information content (AvgIpc) is 2.91. The van der Waals surface area contributed by atoms with Crippen LogP contribution in [0.2, 0.25) is 0 Å². The molecular formula is C31H42AcO9. The third-order valence-electron chi connectivity index (χ3n) is 11.2. The van der Waals surface area contributed by atoms with Crippen LogP contribution in [0.5, 0.6) is 0 Å². The van der Waals surface area contributed by atoms with E-state index in [2.05, 4.69) is 0 Å². The molecule has 11 atom stereocenters. The molecule has 1 aromatic carbocycles. The van der Waals surface area contributed by atoms with Gasteiger partial charge >= 0.3 is 5.97 Å². The van der Waals surface area contributed by atoms with Gasteiger partial charge in [0.25, 0.3) is 0 Å². The van der Waals surface area contributed by atoms with Gasteiger partial charge in [0.1, 0.15) is 17.8 Å². The van der Waals surface area contributed by atoms with Crippen molar-refractivity contribution in [2.75, 3.05) is 6.61 Å². The Morgan fingerprint density at radius 2 is 1.73 bits per heavy atom. The predicted octanol–water partition coefficient (Wildman–Crippen LogP) is 1.64. The van der Waals surface area contributed by atoms with Crippen LogP contribution in [0.3, 0.4) is 0 Å². The van der Waals surface area contributed by atoms with E-state index in [0.29, 0.717) is 5.57 Å². The molecule has 0 aromatic heterocycles. The summed E-state index contributed by atoms with van der Waals surface area (Å²) in [7, 11) is 0. The van der Waals surface area contributed by atoms with Crippen LogP contribution in [0.15, 0.2) is 41.5 Å². The number of fused-ring (bicyclic) bond motifs is 5. The van der Waals surface area contributed by atoms with E-state index < -0.39 is 82.1 Å². The van der Waals surface area contributed by atoms with E-state index in [0.717, 1.165) is 5.56 Å². The summed E-state index contributed by atoms with van der Waals surface area (Å²) in [6.45, 7) is 10.1. The number of aliphatic hydroxyl groups excluding tert-OH is 3. The van der Waals surface area contributed by atoms with E-state index in [-0.39, 0.29) is 69.1 Å². The molecule has 1 aliphatic heterocycles. The maximum atomic E-state index is 14.1. The summed E-state index contributed by atoms with van der Waals surface area (Å²) < 4.78 is 11.4. The van der Waals surface area contributed by atoms with Crippen molar-refractivity contribution in [1.82, 2.24) is 0 Å². The second-order valence-corrected chi connectivity index (χ2v) is 13.3. The topological polar surface area (TPSA) is 154 Å². The summed E-state index contributed by atoms with van der Waals surface area (Å²) in [5.41, 5.74) is -4.48. The second-order valence-electron chi connectivity index (χ2n) is 13.3. The molecule has 11 unspecified atom stereocenters. The van der Waals surface area contributed by atoms with Crippen molar-refractivity contribution >= 4 is 11.8 Å². The number of carbonyl (C=O) groups is 2. The third-order valence-corrected chi connectivity index (χ3v) is 11.2. The van der Waals surface area contributed by atoms with E-state index in [4.69, 9.17) is 9.47 Å². The molecule has 5 N–H and O–H groups in total. The van der Waals surface area contributed by atoms with Gasteiger partial charge in [0.15, 0.2) is 11.9 Å². The first-order valence-corrected chi connectivity index (χ1v) is 14.1. The molecule has 1 radical (unpaired) electrons. The average molecular weight is 786 g/mol. The van der Waals surface area contributed by atoms with Crippen molar-refractivity contribution < 1.29 is 88.7 Å². The standard InChI is InChI=1S/C31H42O9.Ac/c1-15(18-10-8-7-9-11-18)23(33)27(36)40-19-13-31(38)17(3)25-29(6,20(32)12-21-30(25,37)14-39-21)26(35)24(34)22(16(19)2)28(31,4)5;/h7-11,15,17,19-21,23-25,32-34,37-38H,12-14H2,1-6H3;. The van der Waals surface area contributed by atoms with Crippen molar-refractivity contribution in [3.63, 3.8) is 0 Å². The van der Waals surface area contributed by atoms with Gasteiger partial charge in [-0.25, -0.2) is 4.79 Å². The fourth-order valence-corrected chi connectivity index (χ4v) is 8.47. The van der Waals surface area contributed by atoms with E-state index in [9.17, 15) is 35.1 Å². The van der Waals surface area contributed by atoms with Crippen molar-refractivity contribution in [3.8, 4) is 0 Å². The van der Waals surface area contributed by atoms with Gasteiger partial charge in [-0.05, 0) is 36.5 Å². The Bertz CT molecular complexity index is 1230. The molecule has 1 saturated heterocycles. The Labute approximate surface area is 276 Å². The fourth-order valence-electron chi connectivity index (χ4n) is 8.47. The van der Waals surface area contributed by atoms with Crippen LogP contribution in [-0.4, -0.2) is 85.6 Å². The smallest absolute Gasteiger partial charge is 0.336 e. The number of hydrogen-bond acceptors (Lipinski definition) is 9. The molecule has 0 spiro atoms. The zero-order valence-corrected chi connectivity index (χ0v) is 29.3. The van der Waals surface area contributed by atoms with E-state index >= 15 is 0 Å². The van der Waals surface area contributed by atoms with Gasteiger partial charge in [0.2, 0.25) is 0 Å². The number of benzene rings is 1. The summed E-state index contributed by atoms with van der Waals surface area (Å²) in [5, 5.41) is 58.1. The zero-order valence-electron chi connectivity index (χ0n) is 24.6. The molecule has 5 rings (SSSR count). The monoisotopic (exact) mass is 785 g/mol. The van der Waals surface area contributed by atoms with Crippen molar-refractivity contribution in [2.24, 2.45) is 22.7 Å². The van der Waals surface area contributed by atoms with Crippen LogP contribution in [0, 0.1) is 66.7 Å². The largest absolute Gasteiger partial charge is 0.456 e. The van der Waals surface area contributed by atoms with Crippen LogP contribution in [-0.2, 0) is 19.1 Å². The quantitative estimate of drug-likeness (QED) is 0.227. The molecule has 2 bridgehead atoms. The fraction of sp³-hybridized carbons (Fsp3) is 0.677. The van der Waals surface area contributed by atoms with Crippen LogP contribution in [0.4, 0.5) is 0 Å². The molecule has 1 heterocycles. The van der Waals surface area contributed by atoms with E-state index in [1.165, 1.54) is 0 Å². The molecule has 4 aliphatic rings. The number of hydrogen-bond donors (Lipinski definition) is 5. The molecule has 41 heavy (non-hydrogen) atoms. The molecular weight excluding hydrogens is 743 g/mol. The van der Waals surface area contributed by atoms with E-state index in [1.807, 2.05) is 18.2 Å². The van der Waals surface area contributed by atoms with Crippen LogP contribution < -0.4 is 0 Å². The van der Waals surface area contributed by atoms with Crippen molar-refractivity contribution in [1.29, 1.82) is 0 Å². The number of ketones is 1. The Kier molecular flexibility index (Phi) is 8.93. The summed E-state index contributed by atoms with van der Waals surface area (Å²) in [4.78, 5) is 27.3. The van der Waals surface area contributed by atoms with Crippen molar-refractivity contribution in [2.45, 2.75) is 102 Å². The van der Waals surface area contributed by atoms with Gasteiger partial charge in [-0.1, -0.05) is 58.0 Å². The van der Waals surface area contributed by atoms with Gasteiger partial charge in [0, 0.05) is 74.2 Å². The first-order valence-electron chi connectivity index (χ1n) is 14.1. The molecule has 3 fully saturated rings. The Morgan fingerprint density at radius 3 is 2.29 bits per heavy atom. The molecule has 0 amide bonds. The number of esters is 1. The van der Waals surface area contributed by atoms with E-state index in [1.54, 1.807) is 53.7 Å². The van der Waals surface area contributed by atoms with Crippen molar-refractivity contribution in [3.05, 3.63) is 47.0 Å². The number of rotatable bonds is 4. The first-order chi connectivity index (χ1) is 18.5. The van der Waals surface area contributed by atoms with Crippen LogP contribution in [0.25, 0.3) is 0 Å². The molecule has 9 nitrogen and oxygen atoms in total. The van der Waals surface area contributed by atoms with Gasteiger partial charge in [-0.2, -0.15) is 0 Å². The maximum absolute atomic E-state index is 14.1. The molecule has 2 saturated carbocycles. The SMILES string of the molecule is CC1=C2C(O)C(=O)C3(C)C(O)CC4OCC4(O)C3C(C)C(O)(CC1OC(=O)C(O)C(C)c1ccccc1)C2(C)C.[Ac]. The zero-order chi connectivity index (χ0) is 29.6. The number of Topliss-reactive ketones (excluding diaryl/α,β-unsaturated/α-hetero) is 1. The minimum absolute atomic E-state index is 0. The number of aliphatic hydroxyl groups is 5. The minimum atomic E-state index is -1.72. The first kappa shape index (κ1) is 33.2. The molecule has 1 aromatic rings.